The topological polar surface area (TPSA) is 65.1 Å². The molecule has 0 saturated carbocycles. The number of imidazole rings is 1. The van der Waals surface area contributed by atoms with Gasteiger partial charge in [0, 0.05) is 18.1 Å². The van der Waals surface area contributed by atoms with Crippen molar-refractivity contribution in [2.45, 2.75) is 6.04 Å². The quantitative estimate of drug-likeness (QED) is 0.415. The van der Waals surface area contributed by atoms with Crippen LogP contribution in [-0.4, -0.2) is 21.6 Å². The zero-order chi connectivity index (χ0) is 20.3. The van der Waals surface area contributed by atoms with Gasteiger partial charge in [0.2, 0.25) is 0 Å². The molecule has 3 aromatic carbocycles. The van der Waals surface area contributed by atoms with E-state index in [0.717, 1.165) is 33.7 Å². The number of aromatic nitrogens is 3. The van der Waals surface area contributed by atoms with Crippen LogP contribution in [0.5, 0.6) is 5.75 Å². The van der Waals surface area contributed by atoms with Crippen molar-refractivity contribution in [3.63, 3.8) is 0 Å². The van der Waals surface area contributed by atoms with Gasteiger partial charge in [0.05, 0.1) is 19.5 Å². The summed E-state index contributed by atoms with van der Waals surface area (Å²) >= 11 is 0. The number of hydrogen-bond donors (Lipinski definition) is 1. The van der Waals surface area contributed by atoms with Gasteiger partial charge in [0.15, 0.2) is 5.58 Å². The van der Waals surface area contributed by atoms with Crippen molar-refractivity contribution in [2.24, 2.45) is 0 Å². The van der Waals surface area contributed by atoms with E-state index in [2.05, 4.69) is 44.1 Å². The van der Waals surface area contributed by atoms with Gasteiger partial charge in [-0.2, -0.15) is 4.98 Å². The highest BCUT2D eigenvalue weighted by Crippen LogP contribution is 2.30. The van der Waals surface area contributed by atoms with E-state index in [1.54, 1.807) is 13.3 Å². The molecule has 2 heterocycles. The molecule has 0 saturated heterocycles. The average molecular weight is 396 g/mol. The van der Waals surface area contributed by atoms with Crippen LogP contribution >= 0.6 is 0 Å². The Balaban J connectivity index is 1.43. The molecule has 1 N–H and O–H groups in total. The number of nitrogens with zero attached hydrogens (tertiary/aromatic N) is 3. The number of benzene rings is 3. The highest BCUT2D eigenvalue weighted by atomic mass is 16.5. The standard InChI is InChI=1S/C24H20N4O2/c1-29-20-12-8-18(9-13-20)23(28-15-14-25-16-28)17-6-10-19(11-7-17)26-24-27-21-4-2-3-5-22(21)30-24/h2-16,23H,1H3,(H,26,27). The Morgan fingerprint density at radius 2 is 1.67 bits per heavy atom. The monoisotopic (exact) mass is 396 g/mol. The van der Waals surface area contributed by atoms with Gasteiger partial charge in [-0.05, 0) is 47.5 Å². The maximum absolute atomic E-state index is 5.75. The molecule has 0 radical (unpaired) electrons. The summed E-state index contributed by atoms with van der Waals surface area (Å²) in [4.78, 5) is 8.70. The minimum atomic E-state index is 0.0109. The number of ether oxygens (including phenoxy) is 1. The van der Waals surface area contributed by atoms with E-state index >= 15 is 0 Å². The van der Waals surface area contributed by atoms with Crippen LogP contribution in [0.3, 0.4) is 0 Å². The number of anilines is 2. The first-order valence-corrected chi connectivity index (χ1v) is 9.64. The Kier molecular flexibility index (Phi) is 4.65. The van der Waals surface area contributed by atoms with Crippen LogP contribution in [-0.2, 0) is 0 Å². The lowest BCUT2D eigenvalue weighted by Gasteiger charge is -2.20. The molecule has 6 heteroatoms. The number of rotatable bonds is 6. The maximum atomic E-state index is 5.75. The van der Waals surface area contributed by atoms with Gasteiger partial charge in [0.25, 0.3) is 6.01 Å². The molecule has 30 heavy (non-hydrogen) atoms. The third-order valence-electron chi connectivity index (χ3n) is 5.03. The summed E-state index contributed by atoms with van der Waals surface area (Å²) in [5, 5.41) is 3.24. The van der Waals surface area contributed by atoms with Crippen LogP contribution in [0.15, 0.2) is 95.9 Å². The number of methoxy groups -OCH3 is 1. The van der Waals surface area contributed by atoms with Gasteiger partial charge in [0.1, 0.15) is 11.3 Å². The highest BCUT2D eigenvalue weighted by molar-refractivity contribution is 5.75. The number of fused-ring (bicyclic) bond motifs is 1. The van der Waals surface area contributed by atoms with Crippen LogP contribution in [0.4, 0.5) is 11.7 Å². The number of para-hydroxylation sites is 2. The zero-order valence-electron chi connectivity index (χ0n) is 16.4. The van der Waals surface area contributed by atoms with E-state index in [-0.39, 0.29) is 6.04 Å². The smallest absolute Gasteiger partial charge is 0.300 e. The molecule has 148 valence electrons. The van der Waals surface area contributed by atoms with Gasteiger partial charge >= 0.3 is 0 Å². The van der Waals surface area contributed by atoms with Crippen molar-refractivity contribution < 1.29 is 9.15 Å². The van der Waals surface area contributed by atoms with Gasteiger partial charge < -0.3 is 19.0 Å². The van der Waals surface area contributed by atoms with E-state index in [9.17, 15) is 0 Å². The zero-order valence-corrected chi connectivity index (χ0v) is 16.4. The molecule has 1 unspecified atom stereocenters. The van der Waals surface area contributed by atoms with Crippen molar-refractivity contribution in [2.75, 3.05) is 12.4 Å². The Morgan fingerprint density at radius 3 is 2.33 bits per heavy atom. The van der Waals surface area contributed by atoms with Crippen LogP contribution in [0, 0.1) is 0 Å². The van der Waals surface area contributed by atoms with Gasteiger partial charge in [-0.1, -0.05) is 36.4 Å². The van der Waals surface area contributed by atoms with Crippen molar-refractivity contribution >= 4 is 22.8 Å². The molecule has 0 spiro atoms. The number of nitrogens with one attached hydrogen (secondary N) is 1. The fourth-order valence-corrected chi connectivity index (χ4v) is 3.54. The van der Waals surface area contributed by atoms with Crippen LogP contribution < -0.4 is 10.1 Å². The van der Waals surface area contributed by atoms with Crippen molar-refractivity contribution in [1.29, 1.82) is 0 Å². The van der Waals surface area contributed by atoms with Crippen molar-refractivity contribution in [1.82, 2.24) is 14.5 Å². The summed E-state index contributed by atoms with van der Waals surface area (Å²) in [7, 11) is 1.67. The first-order valence-electron chi connectivity index (χ1n) is 9.64. The molecule has 0 amide bonds. The number of hydrogen-bond acceptors (Lipinski definition) is 5. The lowest BCUT2D eigenvalue weighted by molar-refractivity contribution is 0.414. The summed E-state index contributed by atoms with van der Waals surface area (Å²) in [6.45, 7) is 0. The molecular weight excluding hydrogens is 376 g/mol. The van der Waals surface area contributed by atoms with E-state index in [0.29, 0.717) is 6.01 Å². The van der Waals surface area contributed by atoms with Crippen molar-refractivity contribution in [3.8, 4) is 5.75 Å². The lowest BCUT2D eigenvalue weighted by Crippen LogP contribution is -2.10. The van der Waals surface area contributed by atoms with E-state index in [1.807, 2.05) is 61.1 Å². The molecule has 0 aliphatic rings. The first-order chi connectivity index (χ1) is 14.8. The van der Waals surface area contributed by atoms with Gasteiger partial charge in [-0.25, -0.2) is 4.98 Å². The first kappa shape index (κ1) is 18.0. The van der Waals surface area contributed by atoms with Gasteiger partial charge in [-0.15, -0.1) is 0 Å². The van der Waals surface area contributed by atoms with Crippen LogP contribution in [0.25, 0.3) is 11.1 Å². The molecule has 0 bridgehead atoms. The predicted molar refractivity (Wildman–Crippen MR) is 116 cm³/mol. The summed E-state index contributed by atoms with van der Waals surface area (Å²) in [5.41, 5.74) is 4.78. The Hall–Kier alpha value is -4.06. The minimum Gasteiger partial charge on any atom is -0.497 e. The molecule has 0 aliphatic carbocycles. The molecule has 1 atom stereocenters. The van der Waals surface area contributed by atoms with Gasteiger partial charge in [-0.3, -0.25) is 0 Å². The second kappa shape index (κ2) is 7.75. The Bertz CT molecular complexity index is 1210. The Morgan fingerprint density at radius 1 is 0.933 bits per heavy atom. The van der Waals surface area contributed by atoms with E-state index in [4.69, 9.17) is 9.15 Å². The number of oxazole rings is 1. The normalized spacial score (nSPS) is 12.0. The molecule has 0 fully saturated rings. The lowest BCUT2D eigenvalue weighted by atomic mass is 9.98. The minimum absolute atomic E-state index is 0.0109. The summed E-state index contributed by atoms with van der Waals surface area (Å²) in [6, 6.07) is 24.5. The third-order valence-corrected chi connectivity index (χ3v) is 5.03. The summed E-state index contributed by atoms with van der Waals surface area (Å²) < 4.78 is 13.1. The third kappa shape index (κ3) is 3.51. The van der Waals surface area contributed by atoms with Crippen LogP contribution in [0.1, 0.15) is 17.2 Å². The summed E-state index contributed by atoms with van der Waals surface area (Å²) in [6.07, 6.45) is 5.60. The predicted octanol–water partition coefficient (Wildman–Crippen LogP) is 5.41. The molecule has 0 aliphatic heterocycles. The van der Waals surface area contributed by atoms with E-state index < -0.39 is 0 Å². The maximum Gasteiger partial charge on any atom is 0.300 e. The van der Waals surface area contributed by atoms with E-state index in [1.165, 1.54) is 0 Å². The average Bonchev–Trinajstić information content (AvgIpc) is 3.45. The second-order valence-electron chi connectivity index (χ2n) is 6.92. The highest BCUT2D eigenvalue weighted by Gasteiger charge is 2.16. The molecular formula is C24H20N4O2. The molecule has 5 aromatic rings. The second-order valence-corrected chi connectivity index (χ2v) is 6.92. The molecule has 2 aromatic heterocycles. The SMILES string of the molecule is COc1ccc(C(c2ccc(Nc3nc4ccccc4o3)cc2)n2ccnc2)cc1. The molecule has 5 rings (SSSR count). The molecule has 6 nitrogen and oxygen atoms in total. The van der Waals surface area contributed by atoms with Crippen molar-refractivity contribution in [3.05, 3.63) is 103 Å². The summed E-state index contributed by atoms with van der Waals surface area (Å²) in [5.74, 6) is 0.834. The largest absolute Gasteiger partial charge is 0.497 e. The Labute approximate surface area is 173 Å². The van der Waals surface area contributed by atoms with Crippen LogP contribution in [0.2, 0.25) is 0 Å². The fourth-order valence-electron chi connectivity index (χ4n) is 3.54. The fraction of sp³-hybridized carbons (Fsp3) is 0.0833.